The van der Waals surface area contributed by atoms with Crippen molar-refractivity contribution in [1.29, 1.82) is 0 Å². The summed E-state index contributed by atoms with van der Waals surface area (Å²) in [6.45, 7) is 2.60. The molecule has 1 aliphatic carbocycles. The predicted molar refractivity (Wildman–Crippen MR) is 77.3 cm³/mol. The Bertz CT molecular complexity index is 348. The molecule has 1 saturated carbocycles. The molecular formula is C16H27NO3. The molecule has 4 nitrogen and oxygen atoms in total. The molecule has 1 aliphatic heterocycles. The highest BCUT2D eigenvalue weighted by molar-refractivity contribution is 5.77. The average Bonchev–Trinajstić information content (AvgIpc) is 2.67. The Kier molecular flexibility index (Phi) is 5.44. The van der Waals surface area contributed by atoms with Gasteiger partial charge in [-0.25, -0.2) is 0 Å². The molecule has 2 unspecified atom stereocenters. The number of carboxylic acids is 1. The van der Waals surface area contributed by atoms with Crippen molar-refractivity contribution in [3.63, 3.8) is 0 Å². The molecule has 0 bridgehead atoms. The molecule has 2 rings (SSSR count). The number of hydrogen-bond donors (Lipinski definition) is 1. The van der Waals surface area contributed by atoms with Crippen LogP contribution < -0.4 is 0 Å². The van der Waals surface area contributed by atoms with Crippen LogP contribution in [0, 0.1) is 11.8 Å². The Hall–Kier alpha value is -1.06. The molecule has 0 aromatic heterocycles. The standard InChI is InChI=1S/C16H27NO3/c1-12-10-14(16(19)20)8-9-17(12)15(18)11-13-6-4-2-3-5-7-13/h12-14H,2-11H2,1H3,(H,19,20). The van der Waals surface area contributed by atoms with Gasteiger partial charge in [-0.2, -0.15) is 0 Å². The molecule has 0 aromatic carbocycles. The summed E-state index contributed by atoms with van der Waals surface area (Å²) in [5.41, 5.74) is 0. The number of likely N-dealkylation sites (tertiary alicyclic amines) is 1. The molecular weight excluding hydrogens is 254 g/mol. The van der Waals surface area contributed by atoms with Crippen LogP contribution in [0.1, 0.15) is 64.7 Å². The van der Waals surface area contributed by atoms with E-state index in [1.54, 1.807) is 0 Å². The summed E-state index contributed by atoms with van der Waals surface area (Å²) in [5, 5.41) is 9.07. The Morgan fingerprint density at radius 1 is 1.10 bits per heavy atom. The Labute approximate surface area is 121 Å². The third-order valence-corrected chi connectivity index (χ3v) is 4.98. The van der Waals surface area contributed by atoms with E-state index in [-0.39, 0.29) is 17.9 Å². The fourth-order valence-electron chi connectivity index (χ4n) is 3.70. The zero-order valence-electron chi connectivity index (χ0n) is 12.5. The molecule has 0 radical (unpaired) electrons. The van der Waals surface area contributed by atoms with Crippen LogP contribution in [-0.4, -0.2) is 34.5 Å². The van der Waals surface area contributed by atoms with E-state index < -0.39 is 5.97 Å². The van der Waals surface area contributed by atoms with Gasteiger partial charge in [0, 0.05) is 19.0 Å². The topological polar surface area (TPSA) is 57.6 Å². The number of hydrogen-bond acceptors (Lipinski definition) is 2. The van der Waals surface area contributed by atoms with Gasteiger partial charge in [0.2, 0.25) is 5.91 Å². The lowest BCUT2D eigenvalue weighted by Crippen LogP contribution is -2.46. The van der Waals surface area contributed by atoms with E-state index in [1.165, 1.54) is 38.5 Å². The second kappa shape index (κ2) is 7.09. The van der Waals surface area contributed by atoms with Crippen molar-refractivity contribution in [2.24, 2.45) is 11.8 Å². The van der Waals surface area contributed by atoms with Gasteiger partial charge in [0.1, 0.15) is 0 Å². The van der Waals surface area contributed by atoms with Crippen molar-refractivity contribution < 1.29 is 14.7 Å². The fraction of sp³-hybridized carbons (Fsp3) is 0.875. The van der Waals surface area contributed by atoms with E-state index in [9.17, 15) is 9.59 Å². The second-order valence-electron chi connectivity index (χ2n) is 6.56. The predicted octanol–water partition coefficient (Wildman–Crippen LogP) is 3.06. The number of carbonyl (C=O) groups is 2. The lowest BCUT2D eigenvalue weighted by molar-refractivity contribution is -0.147. The van der Waals surface area contributed by atoms with E-state index >= 15 is 0 Å². The lowest BCUT2D eigenvalue weighted by atomic mass is 9.90. The van der Waals surface area contributed by atoms with Crippen molar-refractivity contribution in [1.82, 2.24) is 4.90 Å². The number of carboxylic acid groups (broad SMARTS) is 1. The quantitative estimate of drug-likeness (QED) is 0.809. The molecule has 2 aliphatic rings. The monoisotopic (exact) mass is 281 g/mol. The van der Waals surface area contributed by atoms with Crippen LogP contribution in [0.5, 0.6) is 0 Å². The van der Waals surface area contributed by atoms with Crippen LogP contribution in [-0.2, 0) is 9.59 Å². The zero-order chi connectivity index (χ0) is 14.5. The maximum absolute atomic E-state index is 12.4. The first-order valence-electron chi connectivity index (χ1n) is 8.10. The maximum Gasteiger partial charge on any atom is 0.306 e. The highest BCUT2D eigenvalue weighted by atomic mass is 16.4. The normalized spacial score (nSPS) is 28.9. The summed E-state index contributed by atoms with van der Waals surface area (Å²) >= 11 is 0. The van der Waals surface area contributed by atoms with Crippen LogP contribution in [0.2, 0.25) is 0 Å². The van der Waals surface area contributed by atoms with Gasteiger partial charge >= 0.3 is 5.97 Å². The van der Waals surface area contributed by atoms with Gasteiger partial charge in [-0.15, -0.1) is 0 Å². The average molecular weight is 281 g/mol. The minimum absolute atomic E-state index is 0.0723. The third kappa shape index (κ3) is 3.97. The summed E-state index contributed by atoms with van der Waals surface area (Å²) < 4.78 is 0. The number of nitrogens with zero attached hydrogens (tertiary/aromatic N) is 1. The van der Waals surface area contributed by atoms with Crippen molar-refractivity contribution >= 4 is 11.9 Å². The Balaban J connectivity index is 1.84. The molecule has 1 amide bonds. The van der Waals surface area contributed by atoms with Crippen LogP contribution >= 0.6 is 0 Å². The molecule has 2 atom stereocenters. The first kappa shape index (κ1) is 15.3. The van der Waals surface area contributed by atoms with Crippen LogP contribution in [0.4, 0.5) is 0 Å². The molecule has 114 valence electrons. The van der Waals surface area contributed by atoms with Crippen LogP contribution in [0.25, 0.3) is 0 Å². The fourth-order valence-corrected chi connectivity index (χ4v) is 3.70. The molecule has 20 heavy (non-hydrogen) atoms. The summed E-state index contributed by atoms with van der Waals surface area (Å²) in [4.78, 5) is 25.4. The summed E-state index contributed by atoms with van der Waals surface area (Å²) in [6, 6.07) is 0.0723. The molecule has 1 N–H and O–H groups in total. The van der Waals surface area contributed by atoms with Crippen molar-refractivity contribution in [3.8, 4) is 0 Å². The largest absolute Gasteiger partial charge is 0.481 e. The number of piperidine rings is 1. The van der Waals surface area contributed by atoms with Crippen LogP contribution in [0.3, 0.4) is 0 Å². The Morgan fingerprint density at radius 2 is 1.75 bits per heavy atom. The first-order chi connectivity index (χ1) is 9.58. The van der Waals surface area contributed by atoms with Crippen molar-refractivity contribution in [3.05, 3.63) is 0 Å². The third-order valence-electron chi connectivity index (χ3n) is 4.98. The highest BCUT2D eigenvalue weighted by Crippen LogP contribution is 2.28. The van der Waals surface area contributed by atoms with Gasteiger partial charge in [0.15, 0.2) is 0 Å². The summed E-state index contributed by atoms with van der Waals surface area (Å²) in [7, 11) is 0. The van der Waals surface area contributed by atoms with E-state index in [2.05, 4.69) is 0 Å². The SMILES string of the molecule is CC1CC(C(=O)O)CCN1C(=O)CC1CCCCCC1. The van der Waals surface area contributed by atoms with E-state index in [0.29, 0.717) is 31.7 Å². The van der Waals surface area contributed by atoms with Crippen molar-refractivity contribution in [2.75, 3.05) is 6.54 Å². The van der Waals surface area contributed by atoms with Gasteiger partial charge in [-0.05, 0) is 38.5 Å². The highest BCUT2D eigenvalue weighted by Gasteiger charge is 2.32. The zero-order valence-corrected chi connectivity index (χ0v) is 12.5. The Morgan fingerprint density at radius 3 is 2.30 bits per heavy atom. The van der Waals surface area contributed by atoms with Gasteiger partial charge in [-0.1, -0.05) is 25.7 Å². The molecule has 0 aromatic rings. The van der Waals surface area contributed by atoms with Crippen molar-refractivity contribution in [2.45, 2.75) is 70.8 Å². The number of amides is 1. The molecule has 1 heterocycles. The van der Waals surface area contributed by atoms with E-state index in [1.807, 2.05) is 11.8 Å². The molecule has 1 saturated heterocycles. The van der Waals surface area contributed by atoms with Gasteiger partial charge < -0.3 is 10.0 Å². The summed E-state index contributed by atoms with van der Waals surface area (Å²) in [6.07, 6.45) is 9.39. The minimum atomic E-state index is -0.715. The van der Waals surface area contributed by atoms with Gasteiger partial charge in [0.05, 0.1) is 5.92 Å². The minimum Gasteiger partial charge on any atom is -0.481 e. The number of aliphatic carboxylic acids is 1. The molecule has 2 fully saturated rings. The lowest BCUT2D eigenvalue weighted by Gasteiger charge is -2.37. The van der Waals surface area contributed by atoms with Gasteiger partial charge in [-0.3, -0.25) is 9.59 Å². The first-order valence-corrected chi connectivity index (χ1v) is 8.10. The molecule has 0 spiro atoms. The van der Waals surface area contributed by atoms with E-state index in [4.69, 9.17) is 5.11 Å². The van der Waals surface area contributed by atoms with Gasteiger partial charge in [0.25, 0.3) is 0 Å². The molecule has 4 heteroatoms. The number of carbonyl (C=O) groups excluding carboxylic acids is 1. The van der Waals surface area contributed by atoms with Crippen LogP contribution in [0.15, 0.2) is 0 Å². The van der Waals surface area contributed by atoms with E-state index in [0.717, 1.165) is 0 Å². The number of rotatable bonds is 3. The summed E-state index contributed by atoms with van der Waals surface area (Å²) in [5.74, 6) is -0.192. The maximum atomic E-state index is 12.4. The smallest absolute Gasteiger partial charge is 0.306 e. The second-order valence-corrected chi connectivity index (χ2v) is 6.56.